The van der Waals surface area contributed by atoms with Crippen molar-refractivity contribution in [1.82, 2.24) is 19.4 Å². The number of amides is 1. The van der Waals surface area contributed by atoms with E-state index in [2.05, 4.69) is 20.3 Å². The molecule has 0 saturated carbocycles. The number of hydrogen-bond donors (Lipinski definition) is 2. The summed E-state index contributed by atoms with van der Waals surface area (Å²) in [5.74, 6) is -1.71. The molecule has 0 atom stereocenters. The number of alkyl halides is 3. The molecule has 0 saturated heterocycles. The number of nitrogens with zero attached hydrogens (tertiary/aromatic N) is 3. The van der Waals surface area contributed by atoms with E-state index in [-0.39, 0.29) is 22.8 Å². The van der Waals surface area contributed by atoms with Gasteiger partial charge in [-0.25, -0.2) is 14.4 Å². The molecule has 0 bridgehead atoms. The van der Waals surface area contributed by atoms with Crippen molar-refractivity contribution in [2.75, 3.05) is 5.32 Å². The molecule has 5 rings (SSSR count). The minimum Gasteiger partial charge on any atom is -0.324 e. The molecule has 0 fully saturated rings. The standard InChI is InChI=1S/C23H15F4N5O/c1-12-4-2-7-19-28-18(11-32(12)19)21(33)31-22-29-16-9-8-13(10-17(16)30-22)14-5-3-6-15(20(14)24)23(25,26)27/h2-11H,1H3,(H2,29,30,31,33). The van der Waals surface area contributed by atoms with E-state index in [0.29, 0.717) is 22.7 Å². The summed E-state index contributed by atoms with van der Waals surface area (Å²) in [6.45, 7) is 1.89. The zero-order chi connectivity index (χ0) is 23.3. The maximum Gasteiger partial charge on any atom is 0.419 e. The fourth-order valence-corrected chi connectivity index (χ4v) is 3.64. The number of halogens is 4. The normalized spacial score (nSPS) is 11.9. The van der Waals surface area contributed by atoms with E-state index in [1.807, 2.05) is 19.1 Å². The highest BCUT2D eigenvalue weighted by molar-refractivity contribution is 6.03. The molecule has 3 aromatic heterocycles. The maximum atomic E-state index is 14.5. The topological polar surface area (TPSA) is 75.1 Å². The first-order chi connectivity index (χ1) is 15.7. The molecule has 166 valence electrons. The predicted octanol–water partition coefficient (Wildman–Crippen LogP) is 5.60. The molecular formula is C23H15F4N5O. The SMILES string of the molecule is Cc1cccc2nc(C(=O)Nc3nc4cc(-c5cccc(C(F)(F)F)c5F)ccc4[nH]3)cn12. The van der Waals surface area contributed by atoms with Crippen LogP contribution in [0.15, 0.2) is 60.8 Å². The molecule has 0 unspecified atom stereocenters. The Hall–Kier alpha value is -4.21. The summed E-state index contributed by atoms with van der Waals surface area (Å²) in [7, 11) is 0. The maximum absolute atomic E-state index is 14.5. The Labute approximate surface area is 183 Å². The second-order valence-corrected chi connectivity index (χ2v) is 7.46. The van der Waals surface area contributed by atoms with Gasteiger partial charge >= 0.3 is 6.18 Å². The van der Waals surface area contributed by atoms with Gasteiger partial charge in [0.15, 0.2) is 0 Å². The van der Waals surface area contributed by atoms with Gasteiger partial charge in [0.25, 0.3) is 5.91 Å². The van der Waals surface area contributed by atoms with Crippen LogP contribution in [-0.2, 0) is 6.18 Å². The lowest BCUT2D eigenvalue weighted by Gasteiger charge is -2.11. The van der Waals surface area contributed by atoms with Gasteiger partial charge in [0.1, 0.15) is 17.2 Å². The Morgan fingerprint density at radius 2 is 1.85 bits per heavy atom. The van der Waals surface area contributed by atoms with Gasteiger partial charge in [-0.15, -0.1) is 0 Å². The highest BCUT2D eigenvalue weighted by Gasteiger charge is 2.35. The van der Waals surface area contributed by atoms with E-state index >= 15 is 0 Å². The first kappa shape index (κ1) is 20.7. The van der Waals surface area contributed by atoms with Gasteiger partial charge in [-0.3, -0.25) is 10.1 Å². The number of rotatable bonds is 3. The number of aryl methyl sites for hydroxylation is 1. The van der Waals surface area contributed by atoms with Crippen molar-refractivity contribution in [1.29, 1.82) is 0 Å². The van der Waals surface area contributed by atoms with E-state index in [0.717, 1.165) is 11.8 Å². The Morgan fingerprint density at radius 1 is 1.06 bits per heavy atom. The van der Waals surface area contributed by atoms with Crippen molar-refractivity contribution in [2.45, 2.75) is 13.1 Å². The number of anilines is 1. The smallest absolute Gasteiger partial charge is 0.324 e. The van der Waals surface area contributed by atoms with Crippen molar-refractivity contribution < 1.29 is 22.4 Å². The van der Waals surface area contributed by atoms with Crippen molar-refractivity contribution >= 4 is 28.5 Å². The molecule has 2 aromatic carbocycles. The monoisotopic (exact) mass is 453 g/mol. The minimum atomic E-state index is -4.80. The number of carbonyl (C=O) groups is 1. The van der Waals surface area contributed by atoms with Crippen LogP contribution in [0, 0.1) is 12.7 Å². The summed E-state index contributed by atoms with van der Waals surface area (Å²) in [5.41, 5.74) is 1.30. The summed E-state index contributed by atoms with van der Waals surface area (Å²) in [4.78, 5) is 24.1. The Kier molecular flexibility index (Phi) is 4.66. The van der Waals surface area contributed by atoms with Crippen LogP contribution in [0.1, 0.15) is 21.7 Å². The molecule has 0 aliphatic rings. The van der Waals surface area contributed by atoms with Gasteiger partial charge in [-0.1, -0.05) is 24.3 Å². The highest BCUT2D eigenvalue weighted by atomic mass is 19.4. The van der Waals surface area contributed by atoms with Crippen molar-refractivity contribution in [2.24, 2.45) is 0 Å². The number of hydrogen-bond acceptors (Lipinski definition) is 3. The average molecular weight is 453 g/mol. The average Bonchev–Trinajstić information content (AvgIpc) is 3.37. The number of aromatic amines is 1. The lowest BCUT2D eigenvalue weighted by atomic mass is 10.0. The predicted molar refractivity (Wildman–Crippen MR) is 114 cm³/mol. The summed E-state index contributed by atoms with van der Waals surface area (Å²) in [5, 5.41) is 2.62. The van der Waals surface area contributed by atoms with E-state index in [4.69, 9.17) is 0 Å². The van der Waals surface area contributed by atoms with Crippen LogP contribution >= 0.6 is 0 Å². The van der Waals surface area contributed by atoms with Gasteiger partial charge in [0, 0.05) is 17.5 Å². The molecule has 0 aliphatic carbocycles. The van der Waals surface area contributed by atoms with Crippen LogP contribution in [-0.4, -0.2) is 25.3 Å². The number of fused-ring (bicyclic) bond motifs is 2. The van der Waals surface area contributed by atoms with Gasteiger partial charge in [0.05, 0.1) is 16.6 Å². The third-order valence-electron chi connectivity index (χ3n) is 5.26. The molecule has 3 heterocycles. The number of pyridine rings is 1. The molecule has 0 aliphatic heterocycles. The van der Waals surface area contributed by atoms with Crippen LogP contribution in [0.4, 0.5) is 23.5 Å². The molecule has 6 nitrogen and oxygen atoms in total. The van der Waals surface area contributed by atoms with E-state index in [1.54, 1.807) is 22.7 Å². The van der Waals surface area contributed by atoms with E-state index in [9.17, 15) is 22.4 Å². The summed E-state index contributed by atoms with van der Waals surface area (Å²) in [6, 6.07) is 13.1. The molecule has 5 aromatic rings. The summed E-state index contributed by atoms with van der Waals surface area (Å²) in [6.07, 6.45) is -3.19. The quantitative estimate of drug-likeness (QED) is 0.350. The highest BCUT2D eigenvalue weighted by Crippen LogP contribution is 2.36. The van der Waals surface area contributed by atoms with Gasteiger partial charge in [-0.2, -0.15) is 13.2 Å². The molecular weight excluding hydrogens is 438 g/mol. The third-order valence-corrected chi connectivity index (χ3v) is 5.26. The zero-order valence-corrected chi connectivity index (χ0v) is 17.0. The minimum absolute atomic E-state index is 0.130. The van der Waals surface area contributed by atoms with Crippen LogP contribution in [0.2, 0.25) is 0 Å². The van der Waals surface area contributed by atoms with Crippen LogP contribution < -0.4 is 5.32 Å². The Morgan fingerprint density at radius 3 is 2.61 bits per heavy atom. The molecule has 2 N–H and O–H groups in total. The number of nitrogens with one attached hydrogen (secondary N) is 2. The van der Waals surface area contributed by atoms with Gasteiger partial charge < -0.3 is 9.38 Å². The number of benzene rings is 2. The van der Waals surface area contributed by atoms with Crippen LogP contribution in [0.25, 0.3) is 27.8 Å². The molecule has 0 spiro atoms. The van der Waals surface area contributed by atoms with Crippen LogP contribution in [0.5, 0.6) is 0 Å². The number of carbonyl (C=O) groups excluding carboxylic acids is 1. The first-order valence-corrected chi connectivity index (χ1v) is 9.82. The second-order valence-electron chi connectivity index (χ2n) is 7.46. The number of imidazole rings is 2. The van der Waals surface area contributed by atoms with Crippen molar-refractivity contribution in [3.05, 3.63) is 83.6 Å². The fraction of sp³-hybridized carbons (Fsp3) is 0.0870. The van der Waals surface area contributed by atoms with Gasteiger partial charge in [0.2, 0.25) is 5.95 Å². The Bertz CT molecular complexity index is 1530. The first-order valence-electron chi connectivity index (χ1n) is 9.82. The molecule has 10 heteroatoms. The van der Waals surface area contributed by atoms with Gasteiger partial charge in [-0.05, 0) is 42.8 Å². The molecule has 33 heavy (non-hydrogen) atoms. The zero-order valence-electron chi connectivity index (χ0n) is 17.0. The Balaban J connectivity index is 1.45. The summed E-state index contributed by atoms with van der Waals surface area (Å²) >= 11 is 0. The number of H-pyrrole nitrogens is 1. The molecule has 1 amide bonds. The number of aromatic nitrogens is 4. The third kappa shape index (κ3) is 3.69. The van der Waals surface area contributed by atoms with E-state index in [1.165, 1.54) is 18.2 Å². The van der Waals surface area contributed by atoms with Crippen LogP contribution in [0.3, 0.4) is 0 Å². The second kappa shape index (κ2) is 7.44. The lowest BCUT2D eigenvalue weighted by Crippen LogP contribution is -2.13. The molecule has 0 radical (unpaired) electrons. The van der Waals surface area contributed by atoms with E-state index < -0.39 is 23.5 Å². The van der Waals surface area contributed by atoms with Crippen molar-refractivity contribution in [3.8, 4) is 11.1 Å². The van der Waals surface area contributed by atoms with Crippen molar-refractivity contribution in [3.63, 3.8) is 0 Å². The summed E-state index contributed by atoms with van der Waals surface area (Å²) < 4.78 is 55.4. The largest absolute Gasteiger partial charge is 0.419 e. The lowest BCUT2D eigenvalue weighted by molar-refractivity contribution is -0.139. The fourth-order valence-electron chi connectivity index (χ4n) is 3.64.